The van der Waals surface area contributed by atoms with Crippen molar-refractivity contribution in [1.29, 1.82) is 0 Å². The van der Waals surface area contributed by atoms with Crippen LogP contribution in [0.25, 0.3) is 0 Å². The predicted octanol–water partition coefficient (Wildman–Crippen LogP) is 1.99. The summed E-state index contributed by atoms with van der Waals surface area (Å²) >= 11 is 0. The van der Waals surface area contributed by atoms with E-state index in [-0.39, 0.29) is 61.0 Å². The van der Waals surface area contributed by atoms with Gasteiger partial charge in [-0.1, -0.05) is 12.8 Å². The highest BCUT2D eigenvalue weighted by Crippen LogP contribution is 2.25. The van der Waals surface area contributed by atoms with Crippen LogP contribution in [0.1, 0.15) is 81.2 Å². The summed E-state index contributed by atoms with van der Waals surface area (Å²) in [5.41, 5.74) is 2.78. The fourth-order valence-electron chi connectivity index (χ4n) is 3.74. The Labute approximate surface area is 226 Å². The van der Waals surface area contributed by atoms with Crippen LogP contribution in [-0.2, 0) is 23.7 Å². The molecular weight excluding hydrogens is 520 g/mol. The monoisotopic (exact) mass is 554 g/mol. The van der Waals surface area contributed by atoms with E-state index < -0.39 is 23.9 Å². The molecule has 13 nitrogen and oxygen atoms in total. The van der Waals surface area contributed by atoms with E-state index in [1.165, 1.54) is 43.4 Å². The number of hydrogen-bond acceptors (Lipinski definition) is 10. The van der Waals surface area contributed by atoms with Gasteiger partial charge in [-0.2, -0.15) is 13.5 Å². The van der Waals surface area contributed by atoms with E-state index in [0.29, 0.717) is 0 Å². The summed E-state index contributed by atoms with van der Waals surface area (Å²) in [5, 5.41) is 0. The average Bonchev–Trinajstić information content (AvgIpc) is 3.64. The van der Waals surface area contributed by atoms with Gasteiger partial charge in [-0.05, 0) is 38.8 Å². The van der Waals surface area contributed by atoms with Gasteiger partial charge < -0.3 is 24.8 Å². The zero-order valence-corrected chi connectivity index (χ0v) is 22.8. The molecule has 3 N–H and O–H groups in total. The molecule has 1 fully saturated rings. The Kier molecular flexibility index (Phi) is 13.0. The molecule has 0 spiro atoms. The van der Waals surface area contributed by atoms with Crippen molar-refractivity contribution in [1.82, 2.24) is 9.35 Å². The molecule has 0 unspecified atom stereocenters. The highest BCUT2D eigenvalue weighted by atomic mass is 32.1. The molecule has 3 rings (SSSR count). The molecule has 1 aliphatic rings. The Hall–Kier alpha value is -3.94. The molecule has 2 aromatic heterocycles. The maximum absolute atomic E-state index is 12.2. The lowest BCUT2D eigenvalue weighted by Crippen LogP contribution is -2.31. The molecule has 0 atom stereocenters. The van der Waals surface area contributed by atoms with Crippen LogP contribution in [0.3, 0.4) is 0 Å². The van der Waals surface area contributed by atoms with E-state index in [0.717, 1.165) is 30.4 Å². The number of nitrogens with zero attached hydrogens (tertiary/aromatic N) is 2. The lowest BCUT2D eigenvalue weighted by Gasteiger charge is -2.14. The number of aromatic nitrogens is 2. The number of nitrogens with two attached hydrogens (primary N) is 1. The summed E-state index contributed by atoms with van der Waals surface area (Å²) in [7, 11) is 2.46. The zero-order valence-electron chi connectivity index (χ0n) is 21.8. The lowest BCUT2D eigenvalue weighted by molar-refractivity contribution is -0.120. The van der Waals surface area contributed by atoms with Crippen LogP contribution in [0.2, 0.25) is 0 Å². The fourth-order valence-corrected chi connectivity index (χ4v) is 3.74. The largest absolute Gasteiger partial charge is 0.465 e. The Morgan fingerprint density at radius 1 is 0.842 bits per heavy atom. The third-order valence-electron chi connectivity index (χ3n) is 5.51. The third-order valence-corrected chi connectivity index (χ3v) is 5.51. The molecule has 1 saturated carbocycles. The number of ether oxygens (including phenoxy) is 4. The number of nitrogen functional groups attached to an aromatic ring is 1. The molecule has 0 radical (unpaired) electrons. The van der Waals surface area contributed by atoms with Gasteiger partial charge in [0.15, 0.2) is 11.4 Å². The summed E-state index contributed by atoms with van der Waals surface area (Å²) in [6, 6.07) is 2.82. The smallest absolute Gasteiger partial charge is 0.357 e. The topological polar surface area (TPSA) is 170 Å². The van der Waals surface area contributed by atoms with Crippen LogP contribution in [0.4, 0.5) is 0 Å². The van der Waals surface area contributed by atoms with Gasteiger partial charge in [-0.15, -0.1) is 0 Å². The van der Waals surface area contributed by atoms with E-state index in [9.17, 15) is 24.0 Å². The van der Waals surface area contributed by atoms with Gasteiger partial charge in [0, 0.05) is 18.3 Å². The molecular formula is C24H34N4O9S. The first kappa shape index (κ1) is 32.1. The van der Waals surface area contributed by atoms with E-state index in [1.54, 1.807) is 13.8 Å². The fraction of sp³-hybridized carbons (Fsp3) is 0.458. The van der Waals surface area contributed by atoms with Gasteiger partial charge in [0.25, 0.3) is 0 Å². The van der Waals surface area contributed by atoms with Crippen molar-refractivity contribution in [2.75, 3.05) is 38.7 Å². The minimum atomic E-state index is -0.681. The Balaban J connectivity index is 0.000000397. The third kappa shape index (κ3) is 7.78. The van der Waals surface area contributed by atoms with Gasteiger partial charge >= 0.3 is 23.9 Å². The summed E-state index contributed by atoms with van der Waals surface area (Å²) < 4.78 is 21.1. The maximum Gasteiger partial charge on any atom is 0.357 e. The molecule has 1 amide bonds. The molecule has 2 aromatic rings. The number of hydrogen-bond donors (Lipinski definition) is 2. The summed E-state index contributed by atoms with van der Waals surface area (Å²) in [5.74, 6) is 2.65. The standard InChI is InChI=1S/C15H20N2O5.C9H12N2O4.H2S/c1-3-22-15(20)12-11(14(19)21-2)8-9-17(12)16-13(18)10-6-4-5-7-10;1-3-15-9(13)7-6(8(12)14-2)4-5-11(7)10;/h8-10H,3-7H2,1-2H3,(H,16,18);4-5H,3,10H2,1-2H3;1H2. The summed E-state index contributed by atoms with van der Waals surface area (Å²) in [6.45, 7) is 3.71. The van der Waals surface area contributed by atoms with Crippen molar-refractivity contribution in [2.24, 2.45) is 5.92 Å². The van der Waals surface area contributed by atoms with Crippen LogP contribution in [-0.4, -0.2) is 66.6 Å². The number of carbonyl (C=O) groups is 5. The van der Waals surface area contributed by atoms with E-state index in [4.69, 9.17) is 15.3 Å². The second kappa shape index (κ2) is 15.3. The van der Waals surface area contributed by atoms with E-state index in [2.05, 4.69) is 14.9 Å². The second-order valence-electron chi connectivity index (χ2n) is 7.81. The quantitative estimate of drug-likeness (QED) is 0.279. The minimum Gasteiger partial charge on any atom is -0.465 e. The molecule has 210 valence electrons. The number of amides is 1. The molecule has 0 aromatic carbocycles. The van der Waals surface area contributed by atoms with E-state index >= 15 is 0 Å². The molecule has 0 bridgehead atoms. The summed E-state index contributed by atoms with van der Waals surface area (Å²) in [4.78, 5) is 58.7. The molecule has 0 aliphatic heterocycles. The van der Waals surface area contributed by atoms with E-state index in [1.807, 2.05) is 0 Å². The van der Waals surface area contributed by atoms with Crippen molar-refractivity contribution < 1.29 is 42.9 Å². The average molecular weight is 555 g/mol. The molecule has 14 heteroatoms. The van der Waals surface area contributed by atoms with Crippen molar-refractivity contribution in [3.05, 3.63) is 47.0 Å². The van der Waals surface area contributed by atoms with Crippen LogP contribution >= 0.6 is 13.5 Å². The minimum absolute atomic E-state index is 0. The number of carbonyl (C=O) groups excluding carboxylic acids is 5. The highest BCUT2D eigenvalue weighted by Gasteiger charge is 2.28. The predicted molar refractivity (Wildman–Crippen MR) is 140 cm³/mol. The first-order valence-electron chi connectivity index (χ1n) is 11.7. The normalized spacial score (nSPS) is 12.3. The Morgan fingerprint density at radius 2 is 1.32 bits per heavy atom. The Morgan fingerprint density at radius 3 is 1.82 bits per heavy atom. The van der Waals surface area contributed by atoms with Gasteiger partial charge in [0.1, 0.15) is 0 Å². The number of methoxy groups -OCH3 is 2. The second-order valence-corrected chi connectivity index (χ2v) is 7.81. The molecule has 0 saturated heterocycles. The van der Waals surface area contributed by atoms with Crippen LogP contribution in [0.15, 0.2) is 24.5 Å². The van der Waals surface area contributed by atoms with Crippen molar-refractivity contribution in [3.63, 3.8) is 0 Å². The number of nitrogens with one attached hydrogen (secondary N) is 1. The van der Waals surface area contributed by atoms with Crippen molar-refractivity contribution >= 4 is 43.3 Å². The van der Waals surface area contributed by atoms with Crippen molar-refractivity contribution in [2.45, 2.75) is 39.5 Å². The first-order valence-corrected chi connectivity index (χ1v) is 11.7. The van der Waals surface area contributed by atoms with Crippen LogP contribution in [0, 0.1) is 5.92 Å². The van der Waals surface area contributed by atoms with Crippen LogP contribution in [0.5, 0.6) is 0 Å². The zero-order chi connectivity index (χ0) is 27.5. The SMILES string of the molecule is CCOC(=O)c1c(C(=O)OC)ccn1N.CCOC(=O)c1c(C(=O)OC)ccn1NC(=O)C1CCCC1.S. The van der Waals surface area contributed by atoms with Crippen LogP contribution < -0.4 is 11.3 Å². The van der Waals surface area contributed by atoms with Gasteiger partial charge in [-0.3, -0.25) is 19.6 Å². The highest BCUT2D eigenvalue weighted by molar-refractivity contribution is 7.59. The van der Waals surface area contributed by atoms with Gasteiger partial charge in [0.05, 0.1) is 38.6 Å². The molecule has 38 heavy (non-hydrogen) atoms. The van der Waals surface area contributed by atoms with Gasteiger partial charge in [0.2, 0.25) is 5.91 Å². The molecule has 1 aliphatic carbocycles. The Bertz CT molecular complexity index is 1140. The van der Waals surface area contributed by atoms with Crippen molar-refractivity contribution in [3.8, 4) is 0 Å². The summed E-state index contributed by atoms with van der Waals surface area (Å²) in [6.07, 6.45) is 6.57. The maximum atomic E-state index is 12.2. The lowest BCUT2D eigenvalue weighted by atomic mass is 10.1. The number of esters is 4. The number of rotatable bonds is 8. The molecule has 2 heterocycles. The first-order chi connectivity index (χ1) is 17.7. The van der Waals surface area contributed by atoms with Gasteiger partial charge in [-0.25, -0.2) is 19.2 Å².